The molecule has 1 atom stereocenters. The molecule has 0 saturated carbocycles. The van der Waals surface area contributed by atoms with Crippen LogP contribution in [0.4, 0.5) is 0 Å². The topological polar surface area (TPSA) is 52.6 Å². The van der Waals surface area contributed by atoms with Crippen molar-refractivity contribution in [2.75, 3.05) is 6.61 Å². The molecule has 0 bridgehead atoms. The zero-order valence-electron chi connectivity index (χ0n) is 13.3. The molecule has 0 radical (unpaired) electrons. The Morgan fingerprint density at radius 2 is 1.60 bits per heavy atom. The third-order valence-electron chi connectivity index (χ3n) is 3.13. The Hall–Kier alpha value is -1.06. The number of unbranched alkanes of at least 4 members (excludes halogenated alkanes) is 3. The van der Waals surface area contributed by atoms with E-state index >= 15 is 0 Å². The summed E-state index contributed by atoms with van der Waals surface area (Å²) in [5.41, 5.74) is 0. The fraction of sp³-hybridized carbons (Fsp3) is 0.875. The molecule has 0 fully saturated rings. The van der Waals surface area contributed by atoms with Crippen molar-refractivity contribution in [1.29, 1.82) is 0 Å². The molecule has 4 nitrogen and oxygen atoms in total. The molecule has 0 aliphatic carbocycles. The van der Waals surface area contributed by atoms with E-state index in [1.807, 2.05) is 0 Å². The number of hydrogen-bond acceptors (Lipinski definition) is 4. The molecule has 0 rings (SSSR count). The summed E-state index contributed by atoms with van der Waals surface area (Å²) in [5, 5.41) is 0. The number of hydrogen-bond donors (Lipinski definition) is 0. The van der Waals surface area contributed by atoms with Crippen LogP contribution in [0.2, 0.25) is 0 Å². The second-order valence-corrected chi connectivity index (χ2v) is 5.19. The maximum Gasteiger partial charge on any atom is 0.305 e. The van der Waals surface area contributed by atoms with E-state index in [2.05, 4.69) is 13.8 Å². The second-order valence-electron chi connectivity index (χ2n) is 5.19. The minimum atomic E-state index is -0.239. The Labute approximate surface area is 123 Å². The van der Waals surface area contributed by atoms with Gasteiger partial charge in [0.25, 0.3) is 0 Å². The minimum Gasteiger partial charge on any atom is -0.466 e. The maximum absolute atomic E-state index is 11.5. The quantitative estimate of drug-likeness (QED) is 0.402. The van der Waals surface area contributed by atoms with Crippen LogP contribution in [-0.2, 0) is 19.1 Å². The molecule has 118 valence electrons. The summed E-state index contributed by atoms with van der Waals surface area (Å²) in [6, 6.07) is 0. The van der Waals surface area contributed by atoms with Crippen molar-refractivity contribution in [2.24, 2.45) is 0 Å². The van der Waals surface area contributed by atoms with Crippen LogP contribution in [0.3, 0.4) is 0 Å². The monoisotopic (exact) mass is 286 g/mol. The highest BCUT2D eigenvalue weighted by atomic mass is 16.5. The van der Waals surface area contributed by atoms with Gasteiger partial charge in [-0.25, -0.2) is 0 Å². The number of rotatable bonds is 12. The van der Waals surface area contributed by atoms with Crippen molar-refractivity contribution in [1.82, 2.24) is 0 Å². The summed E-state index contributed by atoms with van der Waals surface area (Å²) in [7, 11) is 0. The van der Waals surface area contributed by atoms with Gasteiger partial charge in [-0.2, -0.15) is 0 Å². The number of ether oxygens (including phenoxy) is 2. The number of carbonyl (C=O) groups excluding carboxylic acids is 2. The highest BCUT2D eigenvalue weighted by Gasteiger charge is 2.13. The Morgan fingerprint density at radius 3 is 2.20 bits per heavy atom. The van der Waals surface area contributed by atoms with Crippen LogP contribution in [-0.4, -0.2) is 24.6 Å². The standard InChI is InChI=1S/C16H30O4/c1-4-6-8-10-15(20-14(3)17)11-9-12-16(18)19-13-7-5-2/h15H,4-13H2,1-3H3. The van der Waals surface area contributed by atoms with Crippen molar-refractivity contribution in [3.8, 4) is 0 Å². The van der Waals surface area contributed by atoms with Gasteiger partial charge in [0.1, 0.15) is 6.10 Å². The molecule has 0 saturated heterocycles. The van der Waals surface area contributed by atoms with Gasteiger partial charge in [-0.05, 0) is 32.1 Å². The largest absolute Gasteiger partial charge is 0.466 e. The SMILES string of the molecule is CCCCCC(CCCC(=O)OCCCC)OC(C)=O. The van der Waals surface area contributed by atoms with Gasteiger partial charge < -0.3 is 9.47 Å². The molecule has 0 N–H and O–H groups in total. The molecule has 20 heavy (non-hydrogen) atoms. The Balaban J connectivity index is 3.81. The molecule has 1 unspecified atom stereocenters. The fourth-order valence-electron chi connectivity index (χ4n) is 2.00. The Kier molecular flexibility index (Phi) is 12.3. The van der Waals surface area contributed by atoms with Crippen LogP contribution in [0.1, 0.15) is 78.6 Å². The summed E-state index contributed by atoms with van der Waals surface area (Å²) in [6.45, 7) is 6.16. The molecule has 0 aromatic rings. The van der Waals surface area contributed by atoms with Gasteiger partial charge in [-0.15, -0.1) is 0 Å². The molecule has 0 aliphatic heterocycles. The normalized spacial score (nSPS) is 11.9. The molecular weight excluding hydrogens is 256 g/mol. The average molecular weight is 286 g/mol. The van der Waals surface area contributed by atoms with Crippen molar-refractivity contribution in [3.63, 3.8) is 0 Å². The van der Waals surface area contributed by atoms with E-state index in [1.54, 1.807) is 0 Å². The number of esters is 2. The zero-order chi connectivity index (χ0) is 15.2. The van der Waals surface area contributed by atoms with Gasteiger partial charge in [0.2, 0.25) is 0 Å². The second kappa shape index (κ2) is 12.9. The third-order valence-corrected chi connectivity index (χ3v) is 3.13. The highest BCUT2D eigenvalue weighted by Crippen LogP contribution is 2.14. The fourth-order valence-corrected chi connectivity index (χ4v) is 2.00. The maximum atomic E-state index is 11.5. The van der Waals surface area contributed by atoms with Gasteiger partial charge in [0.15, 0.2) is 0 Å². The average Bonchev–Trinajstić information content (AvgIpc) is 2.38. The molecule has 0 aliphatic rings. The summed E-state index contributed by atoms with van der Waals surface area (Å²) >= 11 is 0. The van der Waals surface area contributed by atoms with Crippen LogP contribution in [0.25, 0.3) is 0 Å². The Morgan fingerprint density at radius 1 is 0.950 bits per heavy atom. The van der Waals surface area contributed by atoms with E-state index < -0.39 is 0 Å². The molecule has 0 spiro atoms. The van der Waals surface area contributed by atoms with Crippen LogP contribution in [0, 0.1) is 0 Å². The van der Waals surface area contributed by atoms with Crippen LogP contribution >= 0.6 is 0 Å². The highest BCUT2D eigenvalue weighted by molar-refractivity contribution is 5.69. The van der Waals surface area contributed by atoms with Gasteiger partial charge >= 0.3 is 11.9 Å². The number of carbonyl (C=O) groups is 2. The molecule has 0 aromatic heterocycles. The van der Waals surface area contributed by atoms with E-state index in [9.17, 15) is 9.59 Å². The van der Waals surface area contributed by atoms with Crippen molar-refractivity contribution in [2.45, 2.75) is 84.7 Å². The van der Waals surface area contributed by atoms with Gasteiger partial charge in [-0.1, -0.05) is 33.1 Å². The summed E-state index contributed by atoms with van der Waals surface area (Å²) in [6.07, 6.45) is 8.01. The van der Waals surface area contributed by atoms with E-state index in [-0.39, 0.29) is 18.0 Å². The molecular formula is C16H30O4. The smallest absolute Gasteiger partial charge is 0.305 e. The lowest BCUT2D eigenvalue weighted by molar-refractivity contribution is -0.147. The first-order valence-corrected chi connectivity index (χ1v) is 7.93. The van der Waals surface area contributed by atoms with Crippen LogP contribution in [0.5, 0.6) is 0 Å². The minimum absolute atomic E-state index is 0.0532. The lowest BCUT2D eigenvalue weighted by atomic mass is 10.1. The van der Waals surface area contributed by atoms with Crippen molar-refractivity contribution >= 4 is 11.9 Å². The van der Waals surface area contributed by atoms with Gasteiger partial charge in [0.05, 0.1) is 6.61 Å². The summed E-state index contributed by atoms with van der Waals surface area (Å²) in [5.74, 6) is -0.384. The predicted octanol–water partition coefficient (Wildman–Crippen LogP) is 4.01. The lowest BCUT2D eigenvalue weighted by Gasteiger charge is -2.16. The first-order valence-electron chi connectivity index (χ1n) is 7.93. The van der Waals surface area contributed by atoms with E-state index in [0.29, 0.717) is 13.0 Å². The zero-order valence-corrected chi connectivity index (χ0v) is 13.3. The van der Waals surface area contributed by atoms with Gasteiger partial charge in [0, 0.05) is 13.3 Å². The van der Waals surface area contributed by atoms with Crippen molar-refractivity contribution < 1.29 is 19.1 Å². The van der Waals surface area contributed by atoms with E-state index in [4.69, 9.17) is 9.47 Å². The van der Waals surface area contributed by atoms with Crippen LogP contribution in [0.15, 0.2) is 0 Å². The summed E-state index contributed by atoms with van der Waals surface area (Å²) in [4.78, 5) is 22.5. The first kappa shape index (κ1) is 18.9. The molecule has 4 heteroatoms. The first-order chi connectivity index (χ1) is 9.60. The lowest BCUT2D eigenvalue weighted by Crippen LogP contribution is -2.17. The molecule has 0 amide bonds. The molecule has 0 aromatic carbocycles. The van der Waals surface area contributed by atoms with E-state index in [0.717, 1.165) is 51.4 Å². The Bertz CT molecular complexity index is 263. The van der Waals surface area contributed by atoms with Crippen molar-refractivity contribution in [3.05, 3.63) is 0 Å². The third kappa shape index (κ3) is 12.0. The van der Waals surface area contributed by atoms with Crippen LogP contribution < -0.4 is 0 Å². The predicted molar refractivity (Wildman–Crippen MR) is 79.4 cm³/mol. The van der Waals surface area contributed by atoms with Gasteiger partial charge in [-0.3, -0.25) is 9.59 Å². The van der Waals surface area contributed by atoms with E-state index in [1.165, 1.54) is 6.92 Å². The molecule has 0 heterocycles. The summed E-state index contributed by atoms with van der Waals surface area (Å²) < 4.78 is 10.4.